The summed E-state index contributed by atoms with van der Waals surface area (Å²) in [4.78, 5) is 25.4. The van der Waals surface area contributed by atoms with Gasteiger partial charge >= 0.3 is 6.09 Å². The lowest BCUT2D eigenvalue weighted by atomic mass is 10.0. The van der Waals surface area contributed by atoms with Gasteiger partial charge in [0.05, 0.1) is 42.2 Å². The highest BCUT2D eigenvalue weighted by molar-refractivity contribution is 7.89. The van der Waals surface area contributed by atoms with Crippen LogP contribution in [0, 0.1) is 17.8 Å². The summed E-state index contributed by atoms with van der Waals surface area (Å²) in [6.45, 7) is 8.06. The lowest BCUT2D eigenvalue weighted by Gasteiger charge is -2.31. The fourth-order valence-electron chi connectivity index (χ4n) is 5.42. The average Bonchev–Trinajstić information content (AvgIpc) is 3.61. The molecule has 2 heterocycles. The number of sulfonamides is 1. The van der Waals surface area contributed by atoms with Crippen molar-refractivity contribution < 1.29 is 37.3 Å². The first kappa shape index (κ1) is 34.8. The van der Waals surface area contributed by atoms with E-state index in [1.54, 1.807) is 0 Å². The van der Waals surface area contributed by atoms with E-state index in [0.29, 0.717) is 12.3 Å². The van der Waals surface area contributed by atoms with Crippen LogP contribution in [-0.4, -0.2) is 86.7 Å². The third-order valence-corrected chi connectivity index (χ3v) is 9.90. The second-order valence-electron chi connectivity index (χ2n) is 12.5. The second kappa shape index (κ2) is 15.5. The molecular weight excluding hydrogens is 600 g/mol. The van der Waals surface area contributed by atoms with Crippen molar-refractivity contribution in [2.45, 2.75) is 76.0 Å². The zero-order valence-electron chi connectivity index (χ0n) is 26.3. The molecule has 0 unspecified atom stereocenters. The van der Waals surface area contributed by atoms with Crippen molar-refractivity contribution in [2.75, 3.05) is 31.6 Å². The Kier molecular flexibility index (Phi) is 12.0. The van der Waals surface area contributed by atoms with Crippen LogP contribution in [0.5, 0.6) is 0 Å². The summed E-state index contributed by atoms with van der Waals surface area (Å²) in [6, 6.07) is 13.6. The molecule has 6 atom stereocenters. The molecule has 0 bridgehead atoms. The van der Waals surface area contributed by atoms with Crippen LogP contribution in [-0.2, 0) is 35.4 Å². The topological polar surface area (TPSA) is 170 Å². The predicted octanol–water partition coefficient (Wildman–Crippen LogP) is 2.71. The van der Waals surface area contributed by atoms with Crippen molar-refractivity contribution in [2.24, 2.45) is 23.5 Å². The van der Waals surface area contributed by atoms with Crippen LogP contribution >= 0.6 is 0 Å². The summed E-state index contributed by atoms with van der Waals surface area (Å²) in [5, 5.41) is 17.0. The maximum atomic E-state index is 13.8. The normalized spacial score (nSPS) is 21.8. The number of anilines is 1. The molecule has 2 fully saturated rings. The number of aliphatic hydroxyl groups is 1. The van der Waals surface area contributed by atoms with E-state index < -0.39 is 40.4 Å². The van der Waals surface area contributed by atoms with Gasteiger partial charge < -0.3 is 35.7 Å². The van der Waals surface area contributed by atoms with Crippen LogP contribution in [0.4, 0.5) is 10.5 Å². The summed E-state index contributed by atoms with van der Waals surface area (Å²) in [6.07, 6.45) is -1.88. The Morgan fingerprint density at radius 1 is 1.04 bits per heavy atom. The Balaban J connectivity index is 1.49. The molecule has 2 aliphatic heterocycles. The van der Waals surface area contributed by atoms with Gasteiger partial charge in [0.1, 0.15) is 6.10 Å². The van der Waals surface area contributed by atoms with E-state index in [2.05, 4.69) is 10.6 Å². The number of fused-ring (bicyclic) bond motifs is 1. The molecule has 0 spiro atoms. The molecule has 2 aromatic carbocycles. The smallest absolute Gasteiger partial charge is 0.407 e. The van der Waals surface area contributed by atoms with E-state index in [4.69, 9.17) is 19.9 Å². The minimum Gasteiger partial charge on any atom is -0.443 e. The Bertz CT molecular complexity index is 1370. The van der Waals surface area contributed by atoms with Crippen LogP contribution < -0.4 is 16.4 Å². The summed E-state index contributed by atoms with van der Waals surface area (Å²) in [7, 11) is -4.07. The van der Waals surface area contributed by atoms with Gasteiger partial charge in [-0.15, -0.1) is 0 Å². The third kappa shape index (κ3) is 9.24. The number of aliphatic hydroxyl groups excluding tert-OH is 1. The fourth-order valence-corrected chi connectivity index (χ4v) is 7.04. The van der Waals surface area contributed by atoms with Gasteiger partial charge in [0.15, 0.2) is 6.29 Å². The van der Waals surface area contributed by atoms with Gasteiger partial charge in [0, 0.05) is 18.8 Å². The minimum atomic E-state index is -4.07. The Hall–Kier alpha value is -3.07. The van der Waals surface area contributed by atoms with Gasteiger partial charge in [-0.2, -0.15) is 4.31 Å². The Morgan fingerprint density at radius 2 is 1.73 bits per heavy atom. The molecule has 2 aromatic rings. The maximum Gasteiger partial charge on any atom is 0.407 e. The van der Waals surface area contributed by atoms with Crippen LogP contribution in [0.3, 0.4) is 0 Å². The van der Waals surface area contributed by atoms with Crippen molar-refractivity contribution >= 4 is 27.7 Å². The first-order chi connectivity index (χ1) is 21.3. The number of rotatable bonds is 14. The summed E-state index contributed by atoms with van der Waals surface area (Å²) >= 11 is 0. The molecule has 0 saturated carbocycles. The number of nitrogens with one attached hydrogen (secondary N) is 2. The minimum absolute atomic E-state index is 0.00283. The van der Waals surface area contributed by atoms with E-state index in [0.717, 1.165) is 12.0 Å². The molecule has 0 aliphatic carbocycles. The highest BCUT2D eigenvalue weighted by Gasteiger charge is 2.44. The molecule has 13 heteroatoms. The van der Waals surface area contributed by atoms with Crippen molar-refractivity contribution in [3.63, 3.8) is 0 Å². The Labute approximate surface area is 265 Å². The van der Waals surface area contributed by atoms with E-state index in [1.807, 2.05) is 58.0 Å². The molecule has 2 saturated heterocycles. The number of hydrogen-bond donors (Lipinski definition) is 4. The predicted molar refractivity (Wildman–Crippen MR) is 169 cm³/mol. The van der Waals surface area contributed by atoms with E-state index >= 15 is 0 Å². The van der Waals surface area contributed by atoms with Gasteiger partial charge in [-0.1, -0.05) is 58.0 Å². The highest BCUT2D eigenvalue weighted by atomic mass is 32.2. The number of benzene rings is 2. The molecule has 0 aromatic heterocycles. The molecule has 45 heavy (non-hydrogen) atoms. The largest absolute Gasteiger partial charge is 0.443 e. The van der Waals surface area contributed by atoms with Crippen LogP contribution in [0.15, 0.2) is 59.5 Å². The number of hydrogen-bond acceptors (Lipinski definition) is 9. The molecule has 4 rings (SSSR count). The van der Waals surface area contributed by atoms with Crippen LogP contribution in [0.2, 0.25) is 0 Å². The van der Waals surface area contributed by atoms with Crippen molar-refractivity contribution in [3.05, 3.63) is 60.2 Å². The maximum absolute atomic E-state index is 13.8. The van der Waals surface area contributed by atoms with E-state index in [-0.39, 0.29) is 61.0 Å². The zero-order chi connectivity index (χ0) is 32.7. The first-order valence-corrected chi connectivity index (χ1v) is 16.9. The summed E-state index contributed by atoms with van der Waals surface area (Å²) in [5.74, 6) is -0.532. The van der Waals surface area contributed by atoms with Crippen LogP contribution in [0.1, 0.15) is 39.7 Å². The monoisotopic (exact) mass is 646 g/mol. The number of nitrogens with zero attached hydrogens (tertiary/aromatic N) is 1. The number of carbonyl (C=O) groups excluding carboxylic acids is 2. The molecule has 2 amide bonds. The molecule has 0 radical (unpaired) electrons. The number of amides is 2. The molecule has 5 N–H and O–H groups in total. The third-order valence-electron chi connectivity index (χ3n) is 8.05. The summed E-state index contributed by atoms with van der Waals surface area (Å²) in [5.41, 5.74) is 7.19. The fraction of sp³-hybridized carbons (Fsp3) is 0.562. The quantitative estimate of drug-likeness (QED) is 0.241. The van der Waals surface area contributed by atoms with Crippen molar-refractivity contribution in [1.29, 1.82) is 0 Å². The van der Waals surface area contributed by atoms with Gasteiger partial charge in [-0.25, -0.2) is 13.2 Å². The molecule has 248 valence electrons. The van der Waals surface area contributed by atoms with Gasteiger partial charge in [-0.3, -0.25) is 4.79 Å². The lowest BCUT2D eigenvalue weighted by molar-refractivity contribution is -0.118. The van der Waals surface area contributed by atoms with Gasteiger partial charge in [0.25, 0.3) is 0 Å². The molecule has 2 aliphatic rings. The number of nitrogens with two attached hydrogens (primary N) is 1. The number of carbonyl (C=O) groups is 2. The van der Waals surface area contributed by atoms with Crippen LogP contribution in [0.25, 0.3) is 0 Å². The number of ether oxygens (including phenoxy) is 3. The lowest BCUT2D eigenvalue weighted by Crippen LogP contribution is -2.51. The number of alkyl carbamates (subject to hydrolysis) is 1. The average molecular weight is 647 g/mol. The summed E-state index contributed by atoms with van der Waals surface area (Å²) < 4.78 is 45.7. The first-order valence-electron chi connectivity index (χ1n) is 15.4. The van der Waals surface area contributed by atoms with E-state index in [9.17, 15) is 23.1 Å². The van der Waals surface area contributed by atoms with Crippen molar-refractivity contribution in [3.8, 4) is 0 Å². The molecule has 12 nitrogen and oxygen atoms in total. The SMILES string of the molecule is CC(C)CN(C[C@@H](O)[C@H](Cc1ccccc1)NC(=O)O[C@H]1CO[C@H]2OCC[C@H]21)S(=O)(=O)c1ccc(NC(=O)[C@@H](N)C(C)C)cc1. The second-order valence-corrected chi connectivity index (χ2v) is 14.4. The standard InChI is InChI=1S/C32H46N4O8S/c1-20(2)17-36(45(40,41)24-12-10-23(11-13-24)34-30(38)29(33)21(3)4)18-27(37)26(16-22-8-6-5-7-9-22)35-32(39)44-28-19-43-31-25(28)14-15-42-31/h5-13,20-21,25-29,31,37H,14-19,33H2,1-4H3,(H,34,38)(H,35,39)/t25-,26-,27+,28-,29-,31+/m0/s1. The van der Waals surface area contributed by atoms with Gasteiger partial charge in [-0.05, 0) is 54.5 Å². The van der Waals surface area contributed by atoms with E-state index in [1.165, 1.54) is 28.6 Å². The Morgan fingerprint density at radius 3 is 2.38 bits per heavy atom. The van der Waals surface area contributed by atoms with Gasteiger partial charge in [0.2, 0.25) is 15.9 Å². The van der Waals surface area contributed by atoms with Crippen molar-refractivity contribution in [1.82, 2.24) is 9.62 Å². The highest BCUT2D eigenvalue weighted by Crippen LogP contribution is 2.33. The zero-order valence-corrected chi connectivity index (χ0v) is 27.1. The molecular formula is C32H46N4O8S.